The molecule has 32 heavy (non-hydrogen) atoms. The minimum absolute atomic E-state index is 0.0211. The van der Waals surface area contributed by atoms with E-state index in [1.807, 2.05) is 12.1 Å². The summed E-state index contributed by atoms with van der Waals surface area (Å²) in [7, 11) is 0. The summed E-state index contributed by atoms with van der Waals surface area (Å²) in [5, 5.41) is 0. The molecule has 4 aliphatic rings. The number of fused-ring (bicyclic) bond motifs is 1. The van der Waals surface area contributed by atoms with Crippen molar-refractivity contribution in [1.82, 2.24) is 4.90 Å². The zero-order valence-electron chi connectivity index (χ0n) is 18.6. The number of aliphatic imine (C=N–C) groups is 1. The van der Waals surface area contributed by atoms with Gasteiger partial charge in [0.1, 0.15) is 18.0 Å². The molecule has 0 radical (unpaired) electrons. The van der Waals surface area contributed by atoms with Crippen molar-refractivity contribution >= 4 is 6.02 Å². The second-order valence-electron chi connectivity index (χ2n) is 10.1. The van der Waals surface area contributed by atoms with E-state index in [0.29, 0.717) is 18.5 Å². The minimum atomic E-state index is -0.269. The molecule has 6 rings (SSSR count). The highest BCUT2D eigenvalue weighted by Crippen LogP contribution is 2.44. The predicted molar refractivity (Wildman–Crippen MR) is 124 cm³/mol. The number of ether oxygens (including phenoxy) is 1. The molecule has 2 aromatic carbocycles. The first-order valence-corrected chi connectivity index (χ1v) is 12.3. The zero-order valence-corrected chi connectivity index (χ0v) is 18.6. The molecule has 0 saturated heterocycles. The second kappa shape index (κ2) is 7.87. The van der Waals surface area contributed by atoms with Gasteiger partial charge in [0.2, 0.25) is 0 Å². The molecule has 0 amide bonds. The molecular weight excluding hydrogens is 401 g/mol. The second-order valence-corrected chi connectivity index (χ2v) is 10.1. The Bertz CT molecular complexity index is 1030. The molecule has 168 valence electrons. The number of nitrogens with zero attached hydrogens (tertiary/aromatic N) is 2. The van der Waals surface area contributed by atoms with E-state index < -0.39 is 0 Å². The van der Waals surface area contributed by atoms with Crippen molar-refractivity contribution in [3.05, 3.63) is 70.5 Å². The first-order valence-electron chi connectivity index (χ1n) is 12.3. The fraction of sp³-hybridized carbons (Fsp3) is 0.519. The lowest BCUT2D eigenvalue weighted by molar-refractivity contribution is 0.197. The van der Waals surface area contributed by atoms with E-state index in [9.17, 15) is 4.39 Å². The van der Waals surface area contributed by atoms with Crippen LogP contribution in [-0.4, -0.2) is 35.7 Å². The van der Waals surface area contributed by atoms with Crippen LogP contribution in [0.1, 0.15) is 79.2 Å². The summed E-state index contributed by atoms with van der Waals surface area (Å²) < 4.78 is 20.0. The number of hydrogen-bond acceptors (Lipinski definition) is 4. The monoisotopic (exact) mass is 433 g/mol. The first-order chi connectivity index (χ1) is 15.6. The fourth-order valence-corrected chi connectivity index (χ4v) is 6.52. The number of benzene rings is 2. The van der Waals surface area contributed by atoms with Crippen LogP contribution in [0.2, 0.25) is 0 Å². The topological polar surface area (TPSA) is 50.9 Å². The van der Waals surface area contributed by atoms with Crippen molar-refractivity contribution in [2.45, 2.75) is 74.9 Å². The average Bonchev–Trinajstić information content (AvgIpc) is 3.57. The van der Waals surface area contributed by atoms with Crippen molar-refractivity contribution in [2.75, 3.05) is 13.2 Å². The summed E-state index contributed by atoms with van der Waals surface area (Å²) in [6.45, 7) is 1.42. The Morgan fingerprint density at radius 3 is 2.53 bits per heavy atom. The highest BCUT2D eigenvalue weighted by molar-refractivity contribution is 5.78. The van der Waals surface area contributed by atoms with Gasteiger partial charge in [0.05, 0.1) is 6.04 Å². The van der Waals surface area contributed by atoms with Gasteiger partial charge in [-0.3, -0.25) is 0 Å². The van der Waals surface area contributed by atoms with Gasteiger partial charge in [-0.05, 0) is 78.8 Å². The molecule has 0 bridgehead atoms. The quantitative estimate of drug-likeness (QED) is 0.720. The lowest BCUT2D eigenvalue weighted by Crippen LogP contribution is -2.43. The normalized spacial score (nSPS) is 29.9. The zero-order chi connectivity index (χ0) is 21.7. The van der Waals surface area contributed by atoms with Crippen LogP contribution >= 0.6 is 0 Å². The number of hydrogen-bond donors (Lipinski definition) is 1. The Morgan fingerprint density at radius 2 is 1.78 bits per heavy atom. The number of amidine groups is 1. The molecule has 5 heteroatoms. The van der Waals surface area contributed by atoms with Gasteiger partial charge in [0.25, 0.3) is 6.02 Å². The van der Waals surface area contributed by atoms with Gasteiger partial charge in [0, 0.05) is 12.6 Å². The third-order valence-corrected chi connectivity index (χ3v) is 8.27. The van der Waals surface area contributed by atoms with Gasteiger partial charge in [-0.25, -0.2) is 9.38 Å². The molecule has 2 fully saturated rings. The fourth-order valence-electron chi connectivity index (χ4n) is 6.52. The standard InChI is InChI=1S/C27H32FN3O/c28-20-12-10-19(11-13-20)25-23-8-3-7-21(18-5-1-2-6-18)22(23)14-16-31(25)26-30-27(17-32-26)15-4-9-24(27)29/h3,7-8,10-13,18,24-25H,1-2,4-6,9,14-17,29H2/t24-,25+,27+/m1/s1. The van der Waals surface area contributed by atoms with E-state index in [2.05, 4.69) is 23.1 Å². The highest BCUT2D eigenvalue weighted by atomic mass is 19.1. The van der Waals surface area contributed by atoms with Gasteiger partial charge in [0.15, 0.2) is 0 Å². The smallest absolute Gasteiger partial charge is 0.288 e. The molecule has 0 unspecified atom stereocenters. The van der Waals surface area contributed by atoms with Crippen molar-refractivity contribution < 1.29 is 9.13 Å². The summed E-state index contributed by atoms with van der Waals surface area (Å²) in [5.41, 5.74) is 11.6. The summed E-state index contributed by atoms with van der Waals surface area (Å²) in [6.07, 6.45) is 9.33. The van der Waals surface area contributed by atoms with Crippen LogP contribution in [0.25, 0.3) is 0 Å². The van der Waals surface area contributed by atoms with E-state index in [1.165, 1.54) is 42.4 Å². The molecule has 2 saturated carbocycles. The molecule has 2 aromatic rings. The Balaban J connectivity index is 1.43. The lowest BCUT2D eigenvalue weighted by Gasteiger charge is -2.39. The Hall–Kier alpha value is -2.40. The van der Waals surface area contributed by atoms with Crippen LogP contribution in [0.15, 0.2) is 47.5 Å². The molecule has 3 atom stereocenters. The predicted octanol–water partition coefficient (Wildman–Crippen LogP) is 5.07. The number of rotatable bonds is 2. The third kappa shape index (κ3) is 3.24. The SMILES string of the molecule is N[C@@H]1CCC[C@]12COC(N1CCc3c(C4CCCC4)cccc3[C@@H]1c1ccc(F)cc1)=N2. The van der Waals surface area contributed by atoms with Gasteiger partial charge in [-0.1, -0.05) is 43.2 Å². The molecule has 2 heterocycles. The van der Waals surface area contributed by atoms with Crippen LogP contribution in [-0.2, 0) is 11.2 Å². The maximum Gasteiger partial charge on any atom is 0.288 e. The Kier molecular flexibility index (Phi) is 4.98. The minimum Gasteiger partial charge on any atom is -0.462 e. The molecular formula is C27H32FN3O. The molecule has 4 nitrogen and oxygen atoms in total. The molecule has 2 aliphatic heterocycles. The van der Waals surface area contributed by atoms with Crippen molar-refractivity contribution in [1.29, 1.82) is 0 Å². The number of nitrogens with two attached hydrogens (primary N) is 1. The summed E-state index contributed by atoms with van der Waals surface area (Å²) >= 11 is 0. The van der Waals surface area contributed by atoms with Crippen LogP contribution in [0.3, 0.4) is 0 Å². The average molecular weight is 434 g/mol. The highest BCUT2D eigenvalue weighted by Gasteiger charge is 2.48. The van der Waals surface area contributed by atoms with Crippen LogP contribution in [0.4, 0.5) is 4.39 Å². The van der Waals surface area contributed by atoms with Crippen molar-refractivity contribution in [3.63, 3.8) is 0 Å². The summed E-state index contributed by atoms with van der Waals surface area (Å²) in [6, 6.07) is 14.5. The lowest BCUT2D eigenvalue weighted by atomic mass is 9.82. The van der Waals surface area contributed by atoms with E-state index in [0.717, 1.165) is 37.8 Å². The van der Waals surface area contributed by atoms with E-state index >= 15 is 0 Å². The first kappa shape index (κ1) is 20.2. The van der Waals surface area contributed by atoms with E-state index in [-0.39, 0.29) is 23.4 Å². The van der Waals surface area contributed by atoms with Crippen LogP contribution in [0, 0.1) is 5.82 Å². The maximum absolute atomic E-state index is 13.8. The molecule has 2 N–H and O–H groups in total. The third-order valence-electron chi connectivity index (χ3n) is 8.27. The molecule has 2 aliphatic carbocycles. The Labute approximate surface area is 189 Å². The van der Waals surface area contributed by atoms with Gasteiger partial charge < -0.3 is 15.4 Å². The van der Waals surface area contributed by atoms with Crippen LogP contribution < -0.4 is 5.73 Å². The van der Waals surface area contributed by atoms with Gasteiger partial charge in [-0.15, -0.1) is 0 Å². The Morgan fingerprint density at radius 1 is 1.00 bits per heavy atom. The summed E-state index contributed by atoms with van der Waals surface area (Å²) in [4.78, 5) is 7.41. The number of halogens is 1. The molecule has 1 spiro atoms. The summed E-state index contributed by atoms with van der Waals surface area (Å²) in [5.74, 6) is 0.464. The van der Waals surface area contributed by atoms with Gasteiger partial charge in [-0.2, -0.15) is 0 Å². The molecule has 0 aromatic heterocycles. The van der Waals surface area contributed by atoms with Crippen LogP contribution in [0.5, 0.6) is 0 Å². The largest absolute Gasteiger partial charge is 0.462 e. The van der Waals surface area contributed by atoms with E-state index in [4.69, 9.17) is 15.5 Å². The van der Waals surface area contributed by atoms with Crippen molar-refractivity contribution in [2.24, 2.45) is 10.7 Å². The van der Waals surface area contributed by atoms with Crippen molar-refractivity contribution in [3.8, 4) is 0 Å². The maximum atomic E-state index is 13.8. The van der Waals surface area contributed by atoms with Gasteiger partial charge >= 0.3 is 0 Å². The van der Waals surface area contributed by atoms with E-state index in [1.54, 1.807) is 12.1 Å².